The summed E-state index contributed by atoms with van der Waals surface area (Å²) in [5.74, 6) is 0.610. The van der Waals surface area contributed by atoms with Crippen molar-refractivity contribution in [3.63, 3.8) is 0 Å². The zero-order chi connectivity index (χ0) is 14.4. The molecule has 5 nitrogen and oxygen atoms in total. The van der Waals surface area contributed by atoms with Gasteiger partial charge >= 0.3 is 0 Å². The van der Waals surface area contributed by atoms with Crippen LogP contribution in [0.2, 0.25) is 0 Å². The predicted octanol–water partition coefficient (Wildman–Crippen LogP) is 0.893. The number of carbonyl (C=O) groups is 2. The summed E-state index contributed by atoms with van der Waals surface area (Å²) in [6.45, 7) is 5.44. The van der Waals surface area contributed by atoms with Gasteiger partial charge in [0.15, 0.2) is 0 Å². The fourth-order valence-electron chi connectivity index (χ4n) is 3.09. The molecule has 114 valence electrons. The van der Waals surface area contributed by atoms with Crippen molar-refractivity contribution >= 4 is 11.8 Å². The highest BCUT2D eigenvalue weighted by Gasteiger charge is 2.29. The number of likely N-dealkylation sites (tertiary alicyclic amines) is 1. The van der Waals surface area contributed by atoms with E-state index in [1.54, 1.807) is 0 Å². The van der Waals surface area contributed by atoms with E-state index in [2.05, 4.69) is 10.6 Å². The summed E-state index contributed by atoms with van der Waals surface area (Å²) in [6.07, 6.45) is 5.38. The molecule has 2 saturated heterocycles. The van der Waals surface area contributed by atoms with Crippen LogP contribution in [0.1, 0.15) is 45.4 Å². The monoisotopic (exact) mass is 281 g/mol. The highest BCUT2D eigenvalue weighted by molar-refractivity contribution is 5.79. The first-order chi connectivity index (χ1) is 9.70. The van der Waals surface area contributed by atoms with Gasteiger partial charge in [-0.15, -0.1) is 0 Å². The van der Waals surface area contributed by atoms with E-state index in [4.69, 9.17) is 0 Å². The Morgan fingerprint density at radius 3 is 2.60 bits per heavy atom. The van der Waals surface area contributed by atoms with Crippen LogP contribution in [-0.2, 0) is 9.59 Å². The van der Waals surface area contributed by atoms with Gasteiger partial charge in [0.05, 0.1) is 5.92 Å². The van der Waals surface area contributed by atoms with Crippen molar-refractivity contribution in [2.45, 2.75) is 51.5 Å². The smallest absolute Gasteiger partial charge is 0.226 e. The van der Waals surface area contributed by atoms with Crippen molar-refractivity contribution in [1.82, 2.24) is 15.5 Å². The van der Waals surface area contributed by atoms with Crippen molar-refractivity contribution in [2.24, 2.45) is 5.92 Å². The molecule has 0 saturated carbocycles. The largest absolute Gasteiger partial charge is 0.353 e. The van der Waals surface area contributed by atoms with Gasteiger partial charge in [-0.3, -0.25) is 9.59 Å². The SMILES string of the molecule is CCCC(=O)NC1CCN(C(=O)[C@@H]2CCCNC2)CC1. The lowest BCUT2D eigenvalue weighted by atomic mass is 9.96. The summed E-state index contributed by atoms with van der Waals surface area (Å²) in [7, 11) is 0. The highest BCUT2D eigenvalue weighted by Crippen LogP contribution is 2.18. The van der Waals surface area contributed by atoms with Gasteiger partial charge in [0.1, 0.15) is 0 Å². The maximum absolute atomic E-state index is 12.4. The standard InChI is InChI=1S/C15H27N3O2/c1-2-4-14(19)17-13-6-9-18(10-7-13)15(20)12-5-3-8-16-11-12/h12-13,16H,2-11H2,1H3,(H,17,19)/t12-/m1/s1. The van der Waals surface area contributed by atoms with Crippen LogP contribution < -0.4 is 10.6 Å². The Morgan fingerprint density at radius 2 is 2.00 bits per heavy atom. The van der Waals surface area contributed by atoms with Crippen LogP contribution in [0, 0.1) is 5.92 Å². The first-order valence-electron chi connectivity index (χ1n) is 7.99. The van der Waals surface area contributed by atoms with Gasteiger partial charge in [-0.05, 0) is 38.6 Å². The maximum Gasteiger partial charge on any atom is 0.226 e. The number of carbonyl (C=O) groups excluding carboxylic acids is 2. The molecule has 0 spiro atoms. The first-order valence-corrected chi connectivity index (χ1v) is 7.99. The number of piperidine rings is 2. The minimum absolute atomic E-state index is 0.147. The molecule has 2 aliphatic heterocycles. The van der Waals surface area contributed by atoms with Crippen LogP contribution in [0.15, 0.2) is 0 Å². The molecule has 2 N–H and O–H groups in total. The number of nitrogens with one attached hydrogen (secondary N) is 2. The van der Waals surface area contributed by atoms with Crippen LogP contribution in [-0.4, -0.2) is 48.9 Å². The lowest BCUT2D eigenvalue weighted by Crippen LogP contribution is -2.50. The number of amides is 2. The molecule has 2 fully saturated rings. The zero-order valence-corrected chi connectivity index (χ0v) is 12.5. The molecule has 5 heteroatoms. The van der Waals surface area contributed by atoms with Crippen molar-refractivity contribution < 1.29 is 9.59 Å². The molecule has 0 aromatic rings. The van der Waals surface area contributed by atoms with E-state index in [1.807, 2.05) is 11.8 Å². The Kier molecular flexibility index (Phi) is 5.83. The van der Waals surface area contributed by atoms with Gasteiger partial charge < -0.3 is 15.5 Å². The van der Waals surface area contributed by atoms with E-state index in [0.29, 0.717) is 12.3 Å². The van der Waals surface area contributed by atoms with Crippen LogP contribution in [0.3, 0.4) is 0 Å². The van der Waals surface area contributed by atoms with Crippen molar-refractivity contribution in [2.75, 3.05) is 26.2 Å². The Bertz CT molecular complexity index is 332. The Hall–Kier alpha value is -1.10. The van der Waals surface area contributed by atoms with Gasteiger partial charge in [0.25, 0.3) is 0 Å². The summed E-state index contributed by atoms with van der Waals surface area (Å²) in [5.41, 5.74) is 0. The number of hydrogen-bond donors (Lipinski definition) is 2. The Labute approximate surface area is 121 Å². The number of rotatable bonds is 4. The van der Waals surface area contributed by atoms with Crippen LogP contribution in [0.25, 0.3) is 0 Å². The molecule has 0 aromatic heterocycles. The van der Waals surface area contributed by atoms with Crippen LogP contribution in [0.4, 0.5) is 0 Å². The van der Waals surface area contributed by atoms with Crippen molar-refractivity contribution in [3.8, 4) is 0 Å². The predicted molar refractivity (Wildman–Crippen MR) is 78.2 cm³/mol. The zero-order valence-electron chi connectivity index (χ0n) is 12.5. The van der Waals surface area contributed by atoms with Gasteiger partial charge in [-0.1, -0.05) is 6.92 Å². The number of nitrogens with zero attached hydrogens (tertiary/aromatic N) is 1. The average Bonchev–Trinajstić information content (AvgIpc) is 2.48. The molecule has 0 aliphatic carbocycles. The molecule has 0 radical (unpaired) electrons. The summed E-state index contributed by atoms with van der Waals surface area (Å²) in [5, 5.41) is 6.37. The number of hydrogen-bond acceptors (Lipinski definition) is 3. The lowest BCUT2D eigenvalue weighted by Gasteiger charge is -2.35. The quantitative estimate of drug-likeness (QED) is 0.804. The fourth-order valence-corrected chi connectivity index (χ4v) is 3.09. The van der Waals surface area contributed by atoms with Crippen LogP contribution >= 0.6 is 0 Å². The molecule has 0 aromatic carbocycles. The second-order valence-electron chi connectivity index (χ2n) is 5.96. The molecule has 2 amide bonds. The minimum atomic E-state index is 0.147. The first kappa shape index (κ1) is 15.3. The third-order valence-electron chi connectivity index (χ3n) is 4.29. The van der Waals surface area contributed by atoms with Crippen LogP contribution in [0.5, 0.6) is 0 Å². The third kappa shape index (κ3) is 4.20. The summed E-state index contributed by atoms with van der Waals surface area (Å²) < 4.78 is 0. The summed E-state index contributed by atoms with van der Waals surface area (Å²) >= 11 is 0. The molecule has 2 heterocycles. The average molecular weight is 281 g/mol. The van der Waals surface area contributed by atoms with E-state index >= 15 is 0 Å². The maximum atomic E-state index is 12.4. The van der Waals surface area contributed by atoms with E-state index in [0.717, 1.165) is 58.3 Å². The molecule has 2 aliphatic rings. The molecule has 1 atom stereocenters. The molecule has 2 rings (SSSR count). The molecule has 20 heavy (non-hydrogen) atoms. The third-order valence-corrected chi connectivity index (χ3v) is 4.29. The molecular formula is C15H27N3O2. The van der Waals surface area contributed by atoms with E-state index in [1.165, 1.54) is 0 Å². The summed E-state index contributed by atoms with van der Waals surface area (Å²) in [4.78, 5) is 25.9. The molecule has 0 unspecified atom stereocenters. The molecule has 0 bridgehead atoms. The lowest BCUT2D eigenvalue weighted by molar-refractivity contribution is -0.137. The van der Waals surface area contributed by atoms with Gasteiger partial charge in [-0.25, -0.2) is 0 Å². The van der Waals surface area contributed by atoms with Crippen molar-refractivity contribution in [3.05, 3.63) is 0 Å². The van der Waals surface area contributed by atoms with Gasteiger partial charge in [-0.2, -0.15) is 0 Å². The second-order valence-corrected chi connectivity index (χ2v) is 5.96. The minimum Gasteiger partial charge on any atom is -0.353 e. The fraction of sp³-hybridized carbons (Fsp3) is 0.867. The second kappa shape index (κ2) is 7.62. The Morgan fingerprint density at radius 1 is 1.25 bits per heavy atom. The highest BCUT2D eigenvalue weighted by atomic mass is 16.2. The van der Waals surface area contributed by atoms with E-state index in [9.17, 15) is 9.59 Å². The van der Waals surface area contributed by atoms with E-state index < -0.39 is 0 Å². The van der Waals surface area contributed by atoms with Crippen molar-refractivity contribution in [1.29, 1.82) is 0 Å². The van der Waals surface area contributed by atoms with Gasteiger partial charge in [0, 0.05) is 32.1 Å². The molecular weight excluding hydrogens is 254 g/mol. The van der Waals surface area contributed by atoms with E-state index in [-0.39, 0.29) is 17.9 Å². The van der Waals surface area contributed by atoms with Gasteiger partial charge in [0.2, 0.25) is 11.8 Å². The Balaban J connectivity index is 1.73. The summed E-state index contributed by atoms with van der Waals surface area (Å²) in [6, 6.07) is 0.252. The normalized spacial score (nSPS) is 24.4. The topological polar surface area (TPSA) is 61.4 Å².